The number of carbonyl (C=O) groups excluding carboxylic acids is 2. The van der Waals surface area contributed by atoms with Gasteiger partial charge in [-0.25, -0.2) is 0 Å². The van der Waals surface area contributed by atoms with Gasteiger partial charge in [0.15, 0.2) is 5.78 Å². The zero-order valence-electron chi connectivity index (χ0n) is 11.6. The van der Waals surface area contributed by atoms with Gasteiger partial charge in [-0.1, -0.05) is 43.7 Å². The molecule has 2 atom stereocenters. The first-order chi connectivity index (χ1) is 9.69. The Kier molecular flexibility index (Phi) is 5.61. The molecule has 0 aromatic heterocycles. The lowest BCUT2D eigenvalue weighted by molar-refractivity contribution is -0.123. The SMILES string of the molecule is CCCC1CC(=O)NC(SCC(=O)c2ccccc2)N1. The Bertz CT molecular complexity index is 464. The van der Waals surface area contributed by atoms with Gasteiger partial charge in [0.2, 0.25) is 5.91 Å². The molecule has 0 radical (unpaired) electrons. The van der Waals surface area contributed by atoms with Crippen LogP contribution in [0.3, 0.4) is 0 Å². The van der Waals surface area contributed by atoms with E-state index in [1.165, 1.54) is 11.8 Å². The van der Waals surface area contributed by atoms with Crippen molar-refractivity contribution in [1.29, 1.82) is 0 Å². The average Bonchev–Trinajstić information content (AvgIpc) is 2.45. The number of amides is 1. The molecule has 4 nitrogen and oxygen atoms in total. The van der Waals surface area contributed by atoms with E-state index < -0.39 is 0 Å². The van der Waals surface area contributed by atoms with Crippen LogP contribution in [0.15, 0.2) is 30.3 Å². The van der Waals surface area contributed by atoms with Crippen LogP contribution in [0.1, 0.15) is 36.5 Å². The molecular formula is C15H20N2O2S. The normalized spacial score (nSPS) is 22.4. The fraction of sp³-hybridized carbons (Fsp3) is 0.467. The minimum Gasteiger partial charge on any atom is -0.332 e. The van der Waals surface area contributed by atoms with E-state index in [-0.39, 0.29) is 23.2 Å². The van der Waals surface area contributed by atoms with Crippen molar-refractivity contribution in [1.82, 2.24) is 10.6 Å². The fourth-order valence-corrected chi connectivity index (χ4v) is 3.22. The summed E-state index contributed by atoms with van der Waals surface area (Å²) in [6, 6.07) is 9.46. The number of ketones is 1. The zero-order chi connectivity index (χ0) is 14.4. The van der Waals surface area contributed by atoms with Gasteiger partial charge < -0.3 is 5.32 Å². The largest absolute Gasteiger partial charge is 0.332 e. The Balaban J connectivity index is 1.84. The summed E-state index contributed by atoms with van der Waals surface area (Å²) < 4.78 is 0. The maximum atomic E-state index is 12.0. The Morgan fingerprint density at radius 1 is 1.35 bits per heavy atom. The van der Waals surface area contributed by atoms with Gasteiger partial charge in [0, 0.05) is 18.0 Å². The molecule has 0 saturated carbocycles. The van der Waals surface area contributed by atoms with Crippen molar-refractivity contribution in [3.63, 3.8) is 0 Å². The second-order valence-corrected chi connectivity index (χ2v) is 6.00. The number of hydrogen-bond acceptors (Lipinski definition) is 4. The van der Waals surface area contributed by atoms with Crippen molar-refractivity contribution in [3.05, 3.63) is 35.9 Å². The van der Waals surface area contributed by atoms with E-state index in [4.69, 9.17) is 0 Å². The summed E-state index contributed by atoms with van der Waals surface area (Å²) in [5.41, 5.74) is 0.549. The number of carbonyl (C=O) groups is 2. The number of hydrogen-bond donors (Lipinski definition) is 2. The summed E-state index contributed by atoms with van der Waals surface area (Å²) in [4.78, 5) is 23.6. The predicted molar refractivity (Wildman–Crippen MR) is 81.6 cm³/mol. The quantitative estimate of drug-likeness (QED) is 0.789. The van der Waals surface area contributed by atoms with Gasteiger partial charge in [0.05, 0.1) is 5.75 Å². The third-order valence-corrected chi connectivity index (χ3v) is 4.24. The third kappa shape index (κ3) is 4.35. The molecule has 1 fully saturated rings. The summed E-state index contributed by atoms with van der Waals surface area (Å²) >= 11 is 1.44. The smallest absolute Gasteiger partial charge is 0.223 e. The first-order valence-corrected chi connectivity index (χ1v) is 7.99. The van der Waals surface area contributed by atoms with Crippen molar-refractivity contribution in [2.24, 2.45) is 0 Å². The molecule has 108 valence electrons. The van der Waals surface area contributed by atoms with Crippen molar-refractivity contribution in [2.45, 2.75) is 37.7 Å². The van der Waals surface area contributed by atoms with Gasteiger partial charge in [0.25, 0.3) is 0 Å². The van der Waals surface area contributed by atoms with Gasteiger partial charge in [-0.15, -0.1) is 11.8 Å². The zero-order valence-corrected chi connectivity index (χ0v) is 12.4. The fourth-order valence-electron chi connectivity index (χ4n) is 2.23. The van der Waals surface area contributed by atoms with E-state index in [9.17, 15) is 9.59 Å². The molecule has 5 heteroatoms. The molecule has 0 spiro atoms. The number of thioether (sulfide) groups is 1. The minimum atomic E-state index is -0.166. The Morgan fingerprint density at radius 2 is 2.10 bits per heavy atom. The summed E-state index contributed by atoms with van der Waals surface area (Å²) in [5.74, 6) is 0.511. The summed E-state index contributed by atoms with van der Waals surface area (Å²) in [6.45, 7) is 2.11. The minimum absolute atomic E-state index is 0.0619. The monoisotopic (exact) mass is 292 g/mol. The highest BCUT2D eigenvalue weighted by Gasteiger charge is 2.25. The van der Waals surface area contributed by atoms with Gasteiger partial charge in [-0.3, -0.25) is 14.9 Å². The molecule has 2 unspecified atom stereocenters. The highest BCUT2D eigenvalue weighted by Crippen LogP contribution is 2.16. The van der Waals surface area contributed by atoms with Crippen LogP contribution in [-0.4, -0.2) is 29.0 Å². The lowest BCUT2D eigenvalue weighted by Gasteiger charge is -2.30. The topological polar surface area (TPSA) is 58.2 Å². The molecule has 2 N–H and O–H groups in total. The van der Waals surface area contributed by atoms with Crippen LogP contribution < -0.4 is 10.6 Å². The first kappa shape index (κ1) is 15.1. The van der Waals surface area contributed by atoms with E-state index in [0.717, 1.165) is 12.8 Å². The highest BCUT2D eigenvalue weighted by molar-refractivity contribution is 8.00. The van der Waals surface area contributed by atoms with Crippen LogP contribution >= 0.6 is 11.8 Å². The van der Waals surface area contributed by atoms with Crippen LogP contribution in [0.4, 0.5) is 0 Å². The van der Waals surface area contributed by atoms with Crippen LogP contribution in [0.2, 0.25) is 0 Å². The van der Waals surface area contributed by atoms with Gasteiger partial charge >= 0.3 is 0 Å². The Morgan fingerprint density at radius 3 is 2.80 bits per heavy atom. The lowest BCUT2D eigenvalue weighted by Crippen LogP contribution is -2.54. The molecule has 2 rings (SSSR count). The van der Waals surface area contributed by atoms with Crippen LogP contribution in [0.5, 0.6) is 0 Å². The van der Waals surface area contributed by atoms with Crippen LogP contribution in [0.25, 0.3) is 0 Å². The van der Waals surface area contributed by atoms with E-state index in [2.05, 4.69) is 17.6 Å². The number of benzene rings is 1. The highest BCUT2D eigenvalue weighted by atomic mass is 32.2. The Labute approximate surface area is 123 Å². The van der Waals surface area contributed by atoms with Gasteiger partial charge in [0.1, 0.15) is 5.50 Å². The molecule has 1 aromatic carbocycles. The molecule has 0 aliphatic carbocycles. The number of Topliss-reactive ketones (excluding diaryl/α,β-unsaturated/α-hetero) is 1. The molecule has 1 aromatic rings. The Hall–Kier alpha value is -1.33. The predicted octanol–water partition coefficient (Wildman–Crippen LogP) is 2.16. The van der Waals surface area contributed by atoms with E-state index in [1.807, 2.05) is 30.3 Å². The second-order valence-electron chi connectivity index (χ2n) is 4.90. The molecule has 20 heavy (non-hydrogen) atoms. The van der Waals surface area contributed by atoms with Gasteiger partial charge in [-0.2, -0.15) is 0 Å². The molecule has 1 saturated heterocycles. The molecule has 1 aliphatic heterocycles. The molecule has 0 bridgehead atoms. The lowest BCUT2D eigenvalue weighted by atomic mass is 10.1. The molecule has 1 heterocycles. The second kappa shape index (κ2) is 7.45. The maximum Gasteiger partial charge on any atom is 0.223 e. The van der Waals surface area contributed by atoms with E-state index in [1.54, 1.807) is 0 Å². The van der Waals surface area contributed by atoms with Gasteiger partial charge in [-0.05, 0) is 6.42 Å². The van der Waals surface area contributed by atoms with Crippen molar-refractivity contribution < 1.29 is 9.59 Å². The summed E-state index contributed by atoms with van der Waals surface area (Å²) in [5, 5.41) is 6.24. The van der Waals surface area contributed by atoms with E-state index in [0.29, 0.717) is 17.7 Å². The van der Waals surface area contributed by atoms with Crippen LogP contribution in [0, 0.1) is 0 Å². The standard InChI is InChI=1S/C15H20N2O2S/c1-2-6-12-9-14(19)17-15(16-12)20-10-13(18)11-7-4-3-5-8-11/h3-5,7-8,12,15-16H,2,6,9-10H2,1H3,(H,17,19). The van der Waals surface area contributed by atoms with Crippen molar-refractivity contribution in [2.75, 3.05) is 5.75 Å². The van der Waals surface area contributed by atoms with Crippen molar-refractivity contribution >= 4 is 23.5 Å². The summed E-state index contributed by atoms with van der Waals surface area (Å²) in [7, 11) is 0. The summed E-state index contributed by atoms with van der Waals surface area (Å²) in [6.07, 6.45) is 2.56. The van der Waals surface area contributed by atoms with Crippen molar-refractivity contribution in [3.8, 4) is 0 Å². The number of nitrogens with one attached hydrogen (secondary N) is 2. The number of rotatable bonds is 6. The first-order valence-electron chi connectivity index (χ1n) is 6.94. The molecule has 1 aliphatic rings. The molecular weight excluding hydrogens is 272 g/mol. The van der Waals surface area contributed by atoms with Crippen LogP contribution in [-0.2, 0) is 4.79 Å². The molecule has 1 amide bonds. The maximum absolute atomic E-state index is 12.0. The third-order valence-electron chi connectivity index (χ3n) is 3.22. The average molecular weight is 292 g/mol. The van der Waals surface area contributed by atoms with E-state index >= 15 is 0 Å².